The fourth-order valence-corrected chi connectivity index (χ4v) is 10.5. The fraction of sp³-hybridized carbons (Fsp3) is 0. The van der Waals surface area contributed by atoms with Gasteiger partial charge in [-0.3, -0.25) is 4.57 Å². The van der Waals surface area contributed by atoms with Gasteiger partial charge in [-0.1, -0.05) is 152 Å². The van der Waals surface area contributed by atoms with Gasteiger partial charge < -0.3 is 4.57 Å². The summed E-state index contributed by atoms with van der Waals surface area (Å²) in [4.78, 5) is 11.4. The van der Waals surface area contributed by atoms with Gasteiger partial charge >= 0.3 is 0 Å². The Kier molecular flexibility index (Phi) is 6.26. The number of hydrogen-bond acceptors (Lipinski definition) is 2. The zero-order valence-electron chi connectivity index (χ0n) is 32.3. The molecular formula is C56H32N4. The van der Waals surface area contributed by atoms with Gasteiger partial charge in [-0.2, -0.15) is 0 Å². The molecule has 14 rings (SSSR count). The molecule has 13 aromatic rings. The molecule has 1 aliphatic carbocycles. The van der Waals surface area contributed by atoms with Crippen LogP contribution in [0.5, 0.6) is 0 Å². The molecule has 0 unspecified atom stereocenters. The van der Waals surface area contributed by atoms with Crippen LogP contribution < -0.4 is 0 Å². The highest BCUT2D eigenvalue weighted by Crippen LogP contribution is 2.54. The molecule has 3 heterocycles. The monoisotopic (exact) mass is 760 g/mol. The lowest BCUT2D eigenvalue weighted by Gasteiger charge is -2.17. The van der Waals surface area contributed by atoms with E-state index in [9.17, 15) is 0 Å². The van der Waals surface area contributed by atoms with Crippen LogP contribution in [0.1, 0.15) is 0 Å². The van der Waals surface area contributed by atoms with E-state index in [0.29, 0.717) is 0 Å². The second-order valence-corrected chi connectivity index (χ2v) is 16.1. The van der Waals surface area contributed by atoms with E-state index in [1.165, 1.54) is 70.9 Å². The van der Waals surface area contributed by atoms with Gasteiger partial charge in [0.1, 0.15) is 5.69 Å². The first kappa shape index (κ1) is 31.9. The summed E-state index contributed by atoms with van der Waals surface area (Å²) in [5.74, 6) is 0.812. The van der Waals surface area contributed by atoms with Crippen molar-refractivity contribution in [3.05, 3.63) is 194 Å². The van der Waals surface area contributed by atoms with E-state index in [1.807, 2.05) is 0 Å². The third-order valence-corrected chi connectivity index (χ3v) is 13.0. The SMILES string of the molecule is c1ccc(-n2c3ccccc3c3c4c5c6c7c(cccc7ccc6n(-c6nc7ccc8ccccc8c7nc6-c6ccc7ccccc7c6)c5cc32)-c2ccccc2-4)cc1. The van der Waals surface area contributed by atoms with Crippen molar-refractivity contribution < 1.29 is 0 Å². The number of aromatic nitrogens is 4. The summed E-state index contributed by atoms with van der Waals surface area (Å²) in [6.07, 6.45) is 0. The average molecular weight is 761 g/mol. The number of para-hydroxylation sites is 2. The summed E-state index contributed by atoms with van der Waals surface area (Å²) in [5, 5.41) is 12.1. The van der Waals surface area contributed by atoms with Crippen LogP contribution in [0.2, 0.25) is 0 Å². The van der Waals surface area contributed by atoms with Gasteiger partial charge in [0.05, 0.1) is 33.1 Å². The molecule has 0 bridgehead atoms. The molecule has 60 heavy (non-hydrogen) atoms. The molecule has 0 amide bonds. The lowest BCUT2D eigenvalue weighted by molar-refractivity contribution is 1.08. The van der Waals surface area contributed by atoms with Crippen molar-refractivity contribution in [3.63, 3.8) is 0 Å². The smallest absolute Gasteiger partial charge is 0.165 e. The van der Waals surface area contributed by atoms with Crippen LogP contribution >= 0.6 is 0 Å². The molecule has 4 heteroatoms. The Morgan fingerprint density at radius 3 is 1.93 bits per heavy atom. The summed E-state index contributed by atoms with van der Waals surface area (Å²) in [6.45, 7) is 0. The highest BCUT2D eigenvalue weighted by molar-refractivity contribution is 6.36. The number of rotatable bonds is 3. The molecule has 0 saturated carbocycles. The highest BCUT2D eigenvalue weighted by atomic mass is 15.1. The van der Waals surface area contributed by atoms with Gasteiger partial charge in [0, 0.05) is 43.7 Å². The van der Waals surface area contributed by atoms with E-state index in [-0.39, 0.29) is 0 Å². The maximum Gasteiger partial charge on any atom is 0.165 e. The Morgan fingerprint density at radius 2 is 1.03 bits per heavy atom. The predicted octanol–water partition coefficient (Wildman–Crippen LogP) is 14.6. The van der Waals surface area contributed by atoms with Gasteiger partial charge in [0.2, 0.25) is 0 Å². The fourth-order valence-electron chi connectivity index (χ4n) is 10.5. The van der Waals surface area contributed by atoms with Gasteiger partial charge in [-0.15, -0.1) is 0 Å². The minimum atomic E-state index is 0.812. The summed E-state index contributed by atoms with van der Waals surface area (Å²) in [5.41, 5.74) is 14.3. The number of nitrogens with zero attached hydrogens (tertiary/aromatic N) is 4. The van der Waals surface area contributed by atoms with E-state index >= 15 is 0 Å². The molecule has 0 fully saturated rings. The zero-order valence-corrected chi connectivity index (χ0v) is 32.3. The molecule has 4 nitrogen and oxygen atoms in total. The molecular weight excluding hydrogens is 729 g/mol. The lowest BCUT2D eigenvalue weighted by Crippen LogP contribution is -2.04. The predicted molar refractivity (Wildman–Crippen MR) is 251 cm³/mol. The van der Waals surface area contributed by atoms with Crippen molar-refractivity contribution in [2.45, 2.75) is 0 Å². The first-order valence-corrected chi connectivity index (χ1v) is 20.6. The third kappa shape index (κ3) is 4.19. The van der Waals surface area contributed by atoms with Gasteiger partial charge in [0.15, 0.2) is 5.82 Å². The quantitative estimate of drug-likeness (QED) is 0.168. The summed E-state index contributed by atoms with van der Waals surface area (Å²) < 4.78 is 4.87. The minimum absolute atomic E-state index is 0.812. The van der Waals surface area contributed by atoms with Gasteiger partial charge in [-0.25, -0.2) is 9.97 Å². The number of hydrogen-bond donors (Lipinski definition) is 0. The van der Waals surface area contributed by atoms with E-state index in [2.05, 4.69) is 203 Å². The van der Waals surface area contributed by atoms with Crippen LogP contribution in [-0.4, -0.2) is 19.1 Å². The topological polar surface area (TPSA) is 35.6 Å². The first-order valence-electron chi connectivity index (χ1n) is 20.6. The molecule has 10 aromatic carbocycles. The molecule has 0 aliphatic heterocycles. The van der Waals surface area contributed by atoms with Crippen molar-refractivity contribution in [2.75, 3.05) is 0 Å². The molecule has 0 N–H and O–H groups in total. The molecule has 0 spiro atoms. The second kappa shape index (κ2) is 11.8. The van der Waals surface area contributed by atoms with Crippen molar-refractivity contribution in [3.8, 4) is 45.0 Å². The van der Waals surface area contributed by atoms with Crippen LogP contribution in [0.25, 0.3) is 132 Å². The van der Waals surface area contributed by atoms with Crippen molar-refractivity contribution in [2.24, 2.45) is 0 Å². The molecule has 276 valence electrons. The summed E-state index contributed by atoms with van der Waals surface area (Å²) >= 11 is 0. The Morgan fingerprint density at radius 1 is 0.350 bits per heavy atom. The number of benzene rings is 10. The minimum Gasteiger partial charge on any atom is -0.309 e. The molecule has 0 radical (unpaired) electrons. The molecule has 0 saturated heterocycles. The largest absolute Gasteiger partial charge is 0.309 e. The average Bonchev–Trinajstić information content (AvgIpc) is 3.78. The summed E-state index contributed by atoms with van der Waals surface area (Å²) in [7, 11) is 0. The third-order valence-electron chi connectivity index (χ3n) is 13.0. The Bertz CT molecular complexity index is 4000. The van der Waals surface area contributed by atoms with E-state index in [1.54, 1.807) is 0 Å². The van der Waals surface area contributed by atoms with E-state index in [4.69, 9.17) is 9.97 Å². The van der Waals surface area contributed by atoms with Crippen LogP contribution in [0, 0.1) is 0 Å². The molecule has 3 aromatic heterocycles. The molecule has 0 atom stereocenters. The standard InChI is InChI=1S/C56H32N4/c1-2-17-38(18-3-1)59-45-24-11-10-22-43(45)50-47(59)32-48-53-51(50)42-21-9-8-20-40(42)41-23-12-16-35-28-30-46(52(53)49(35)41)60(48)56-54(37-26-25-33-13-4-5-15-36(33)31-37)58-55-39-19-7-6-14-34(39)27-29-44(55)57-56/h1-32H. The van der Waals surface area contributed by atoms with Crippen LogP contribution in [0.3, 0.4) is 0 Å². The Hall–Kier alpha value is -8.08. The Balaban J connectivity index is 1.24. The van der Waals surface area contributed by atoms with Crippen molar-refractivity contribution in [1.29, 1.82) is 0 Å². The molecule has 1 aliphatic rings. The first-order chi connectivity index (χ1) is 29.8. The van der Waals surface area contributed by atoms with Crippen LogP contribution in [0.4, 0.5) is 0 Å². The zero-order chi connectivity index (χ0) is 39.1. The normalized spacial score (nSPS) is 12.3. The highest BCUT2D eigenvalue weighted by Gasteiger charge is 2.30. The van der Waals surface area contributed by atoms with Gasteiger partial charge in [-0.05, 0) is 86.1 Å². The van der Waals surface area contributed by atoms with Gasteiger partial charge in [0.25, 0.3) is 0 Å². The second-order valence-electron chi connectivity index (χ2n) is 16.1. The number of fused-ring (bicyclic) bond motifs is 11. The Labute approximate surface area is 343 Å². The lowest BCUT2D eigenvalue weighted by atomic mass is 9.91. The maximum atomic E-state index is 5.72. The van der Waals surface area contributed by atoms with Crippen molar-refractivity contribution >= 4 is 87.0 Å². The van der Waals surface area contributed by atoms with Crippen LogP contribution in [0.15, 0.2) is 194 Å². The van der Waals surface area contributed by atoms with Crippen LogP contribution in [-0.2, 0) is 0 Å². The van der Waals surface area contributed by atoms with E-state index in [0.717, 1.165) is 61.1 Å². The summed E-state index contributed by atoms with van der Waals surface area (Å²) in [6, 6.07) is 70.6. The van der Waals surface area contributed by atoms with E-state index < -0.39 is 0 Å². The van der Waals surface area contributed by atoms with Crippen molar-refractivity contribution in [1.82, 2.24) is 19.1 Å². The maximum absolute atomic E-state index is 5.72.